The van der Waals surface area contributed by atoms with Crippen molar-refractivity contribution in [3.63, 3.8) is 0 Å². The summed E-state index contributed by atoms with van der Waals surface area (Å²) in [6.07, 6.45) is 6.80. The van der Waals surface area contributed by atoms with Gasteiger partial charge < -0.3 is 25.4 Å². The third-order valence-electron chi connectivity index (χ3n) is 7.65. The van der Waals surface area contributed by atoms with Gasteiger partial charge in [-0.3, -0.25) is 9.78 Å². The van der Waals surface area contributed by atoms with Gasteiger partial charge in [-0.1, -0.05) is 12.8 Å². The molecular formula is C29H32Cl2F4N4O3. The highest BCUT2D eigenvalue weighted by atomic mass is 35.5. The van der Waals surface area contributed by atoms with Crippen molar-refractivity contribution in [2.75, 3.05) is 49.7 Å². The van der Waals surface area contributed by atoms with Gasteiger partial charge in [-0.2, -0.15) is 0 Å². The van der Waals surface area contributed by atoms with Crippen molar-refractivity contribution in [1.29, 1.82) is 0 Å². The number of pyridine rings is 1. The largest absolute Gasteiger partial charge is 0.491 e. The minimum Gasteiger partial charge on any atom is -0.491 e. The number of carbonyl (C=O) groups excluding carboxylic acids is 1. The van der Waals surface area contributed by atoms with E-state index in [0.29, 0.717) is 45.2 Å². The molecule has 3 aromatic rings. The van der Waals surface area contributed by atoms with Crippen LogP contribution in [0.25, 0.3) is 11.1 Å². The molecule has 3 N–H and O–H groups in total. The number of aromatic nitrogens is 1. The van der Waals surface area contributed by atoms with Gasteiger partial charge in [0.2, 0.25) is 0 Å². The second kappa shape index (κ2) is 14.4. The van der Waals surface area contributed by atoms with Crippen molar-refractivity contribution in [2.45, 2.75) is 25.7 Å². The van der Waals surface area contributed by atoms with Crippen LogP contribution < -0.4 is 20.7 Å². The Morgan fingerprint density at radius 2 is 1.67 bits per heavy atom. The molecule has 2 aliphatic rings. The van der Waals surface area contributed by atoms with E-state index in [9.17, 15) is 9.18 Å². The topological polar surface area (TPSA) is 89.7 Å². The normalized spacial score (nSPS) is 15.9. The van der Waals surface area contributed by atoms with Crippen LogP contribution in [0.1, 0.15) is 36.0 Å². The molecule has 228 valence electrons. The molecule has 1 saturated heterocycles. The molecule has 1 aromatic heterocycles. The van der Waals surface area contributed by atoms with Gasteiger partial charge in [0, 0.05) is 43.0 Å². The van der Waals surface area contributed by atoms with Crippen molar-refractivity contribution in [3.8, 4) is 16.9 Å². The average Bonchev–Trinajstić information content (AvgIpc) is 3.44. The fraction of sp³-hybridized carbons (Fsp3) is 0.379. The molecular weight excluding hydrogens is 599 g/mol. The van der Waals surface area contributed by atoms with Crippen molar-refractivity contribution in [3.05, 3.63) is 71.6 Å². The maximum Gasteiger partial charge on any atom is 0.258 e. The molecule has 2 fully saturated rings. The number of nitrogens with zero attached hydrogens (tertiary/aromatic N) is 2. The summed E-state index contributed by atoms with van der Waals surface area (Å²) in [5.41, 5.74) is 3.76. The standard InChI is InChI=1S/C29H30F4N4O3.2ClH/c30-20-4-3-19(27(33)26(20)25-21(31)13-18(14-22(25)32)37-9-11-39-12-10-37)28(38)36-23-15-35-8-5-24(23)40-17-29(16-34)6-1-2-7-29;;/h3-5,8,13-15H,1-2,6-7,9-12,16-17,34H2,(H,36,38);2*1H. The molecule has 5 rings (SSSR count). The Morgan fingerprint density at radius 3 is 2.31 bits per heavy atom. The summed E-state index contributed by atoms with van der Waals surface area (Å²) < 4.78 is 72.0. The first-order valence-corrected chi connectivity index (χ1v) is 13.2. The highest BCUT2D eigenvalue weighted by Crippen LogP contribution is 2.39. The molecule has 1 saturated carbocycles. The Labute approximate surface area is 253 Å². The smallest absolute Gasteiger partial charge is 0.258 e. The molecule has 0 unspecified atom stereocenters. The number of hydrogen-bond acceptors (Lipinski definition) is 6. The second-order valence-corrected chi connectivity index (χ2v) is 10.2. The van der Waals surface area contributed by atoms with Gasteiger partial charge in [0.25, 0.3) is 5.91 Å². The van der Waals surface area contributed by atoms with Crippen molar-refractivity contribution in [2.24, 2.45) is 11.1 Å². The van der Waals surface area contributed by atoms with Crippen molar-refractivity contribution >= 4 is 42.1 Å². The van der Waals surface area contributed by atoms with Gasteiger partial charge in [-0.25, -0.2) is 17.6 Å². The minimum absolute atomic E-state index is 0. The van der Waals surface area contributed by atoms with E-state index in [4.69, 9.17) is 15.2 Å². The van der Waals surface area contributed by atoms with Gasteiger partial charge in [-0.05, 0) is 37.1 Å². The van der Waals surface area contributed by atoms with Gasteiger partial charge in [-0.15, -0.1) is 24.8 Å². The lowest BCUT2D eigenvalue weighted by molar-refractivity contribution is 0.102. The van der Waals surface area contributed by atoms with E-state index < -0.39 is 45.9 Å². The van der Waals surface area contributed by atoms with Crippen LogP contribution in [0.3, 0.4) is 0 Å². The summed E-state index contributed by atoms with van der Waals surface area (Å²) in [6.45, 7) is 2.42. The molecule has 13 heteroatoms. The summed E-state index contributed by atoms with van der Waals surface area (Å²) >= 11 is 0. The predicted molar refractivity (Wildman–Crippen MR) is 157 cm³/mol. The highest BCUT2D eigenvalue weighted by Gasteiger charge is 2.34. The third-order valence-corrected chi connectivity index (χ3v) is 7.65. The van der Waals surface area contributed by atoms with E-state index >= 15 is 13.2 Å². The zero-order chi connectivity index (χ0) is 28.3. The third kappa shape index (κ3) is 6.91. The van der Waals surface area contributed by atoms with E-state index in [0.717, 1.165) is 49.9 Å². The zero-order valence-electron chi connectivity index (χ0n) is 22.6. The molecule has 42 heavy (non-hydrogen) atoms. The fourth-order valence-corrected chi connectivity index (χ4v) is 5.31. The summed E-state index contributed by atoms with van der Waals surface area (Å²) in [7, 11) is 0. The lowest BCUT2D eigenvalue weighted by Crippen LogP contribution is -2.36. The monoisotopic (exact) mass is 630 g/mol. The SMILES string of the molecule is Cl.Cl.NCC1(COc2ccncc2NC(=O)c2ccc(F)c(-c3c(F)cc(N4CCOCC4)cc3F)c2F)CCCC1. The molecule has 0 radical (unpaired) electrons. The second-order valence-electron chi connectivity index (χ2n) is 10.2. The Balaban J connectivity index is 0.00000242. The Morgan fingerprint density at radius 1 is 1.00 bits per heavy atom. The van der Waals surface area contributed by atoms with Crippen LogP contribution in [0.15, 0.2) is 42.7 Å². The number of hydrogen-bond donors (Lipinski definition) is 2. The van der Waals surface area contributed by atoms with Crippen LogP contribution in [-0.4, -0.2) is 50.3 Å². The number of rotatable bonds is 8. The average molecular weight is 631 g/mol. The van der Waals surface area contributed by atoms with Gasteiger partial charge in [0.05, 0.1) is 42.7 Å². The predicted octanol–water partition coefficient (Wildman–Crippen LogP) is 6.14. The Kier molecular flexibility index (Phi) is 11.4. The molecule has 1 aliphatic carbocycles. The molecule has 0 atom stereocenters. The van der Waals surface area contributed by atoms with Crippen LogP contribution in [0.4, 0.5) is 28.9 Å². The van der Waals surface area contributed by atoms with Gasteiger partial charge in [0.15, 0.2) is 0 Å². The number of anilines is 2. The quantitative estimate of drug-likeness (QED) is 0.291. The lowest BCUT2D eigenvalue weighted by Gasteiger charge is -2.29. The number of amides is 1. The zero-order valence-corrected chi connectivity index (χ0v) is 24.3. The van der Waals surface area contributed by atoms with Crippen LogP contribution in [0.2, 0.25) is 0 Å². The van der Waals surface area contributed by atoms with Crippen LogP contribution >= 0.6 is 24.8 Å². The van der Waals surface area contributed by atoms with Crippen LogP contribution in [-0.2, 0) is 4.74 Å². The van der Waals surface area contributed by atoms with Crippen molar-refractivity contribution < 1.29 is 31.8 Å². The fourth-order valence-electron chi connectivity index (χ4n) is 5.31. The highest BCUT2D eigenvalue weighted by molar-refractivity contribution is 6.06. The van der Waals surface area contributed by atoms with Gasteiger partial charge in [0.1, 0.15) is 34.7 Å². The van der Waals surface area contributed by atoms with E-state index in [1.165, 1.54) is 12.4 Å². The van der Waals surface area contributed by atoms with Crippen molar-refractivity contribution in [1.82, 2.24) is 4.98 Å². The van der Waals surface area contributed by atoms with Gasteiger partial charge >= 0.3 is 0 Å². The number of carbonyl (C=O) groups is 1. The van der Waals surface area contributed by atoms with E-state index in [2.05, 4.69) is 10.3 Å². The maximum absolute atomic E-state index is 15.6. The van der Waals surface area contributed by atoms with E-state index in [1.807, 2.05) is 0 Å². The first-order valence-electron chi connectivity index (χ1n) is 13.2. The molecule has 2 heterocycles. The summed E-state index contributed by atoms with van der Waals surface area (Å²) in [6, 6.07) is 5.32. The number of benzene rings is 2. The maximum atomic E-state index is 15.6. The molecule has 1 amide bonds. The molecule has 7 nitrogen and oxygen atoms in total. The molecule has 0 spiro atoms. The number of nitrogens with one attached hydrogen (secondary N) is 1. The van der Waals surface area contributed by atoms with E-state index in [-0.39, 0.29) is 41.6 Å². The first kappa shape index (κ1) is 33.4. The number of morpholine rings is 1. The number of ether oxygens (including phenoxy) is 2. The minimum atomic E-state index is -1.39. The lowest BCUT2D eigenvalue weighted by atomic mass is 9.87. The summed E-state index contributed by atoms with van der Waals surface area (Å²) in [5, 5.41) is 2.53. The molecule has 0 bridgehead atoms. The summed E-state index contributed by atoms with van der Waals surface area (Å²) in [5.74, 6) is -5.56. The van der Waals surface area contributed by atoms with Crippen LogP contribution in [0, 0.1) is 28.7 Å². The number of halogens is 6. The van der Waals surface area contributed by atoms with Crippen LogP contribution in [0.5, 0.6) is 5.75 Å². The Bertz CT molecular complexity index is 1380. The van der Waals surface area contributed by atoms with E-state index in [1.54, 1.807) is 11.0 Å². The Hall–Kier alpha value is -3.12. The molecule has 2 aromatic carbocycles. The summed E-state index contributed by atoms with van der Waals surface area (Å²) in [4.78, 5) is 18.8. The number of nitrogens with two attached hydrogens (primary N) is 1. The first-order chi connectivity index (χ1) is 19.3. The molecule has 1 aliphatic heterocycles.